The summed E-state index contributed by atoms with van der Waals surface area (Å²) < 4.78 is 4.60. The highest BCUT2D eigenvalue weighted by molar-refractivity contribution is 5.87. The molecule has 0 spiro atoms. The second-order valence-corrected chi connectivity index (χ2v) is 5.24. The number of hydrogen-bond donors (Lipinski definition) is 2. The predicted octanol–water partition coefficient (Wildman–Crippen LogP) is -0.878. The minimum absolute atomic E-state index is 0.0948. The van der Waals surface area contributed by atoms with Crippen LogP contribution in [0.2, 0.25) is 0 Å². The summed E-state index contributed by atoms with van der Waals surface area (Å²) >= 11 is 0. The third-order valence-corrected chi connectivity index (χ3v) is 3.02. The van der Waals surface area contributed by atoms with Crippen LogP contribution in [0.1, 0.15) is 20.3 Å². The van der Waals surface area contributed by atoms with Gasteiger partial charge in [0, 0.05) is 19.6 Å². The number of nitrogens with zero attached hydrogens (tertiary/aromatic N) is 1. The van der Waals surface area contributed by atoms with Gasteiger partial charge in [0.25, 0.3) is 0 Å². The Morgan fingerprint density at radius 1 is 1.45 bits per heavy atom. The number of rotatable bonds is 6. The monoisotopic (exact) mass is 285 g/mol. The lowest BCUT2D eigenvalue weighted by molar-refractivity contribution is -0.142. The maximum atomic E-state index is 12.4. The van der Waals surface area contributed by atoms with Crippen LogP contribution < -0.4 is 10.6 Å². The van der Waals surface area contributed by atoms with E-state index < -0.39 is 6.04 Å². The molecule has 0 radical (unpaired) electrons. The van der Waals surface area contributed by atoms with Crippen LogP contribution in [-0.4, -0.2) is 62.0 Å². The molecular formula is C13H23N3O4. The van der Waals surface area contributed by atoms with E-state index in [1.165, 1.54) is 7.11 Å². The van der Waals surface area contributed by atoms with E-state index in [0.29, 0.717) is 19.0 Å². The lowest BCUT2D eigenvalue weighted by atomic mass is 10.1. The van der Waals surface area contributed by atoms with Gasteiger partial charge in [-0.1, -0.05) is 13.8 Å². The van der Waals surface area contributed by atoms with Gasteiger partial charge in [0.1, 0.15) is 6.04 Å². The van der Waals surface area contributed by atoms with Crippen LogP contribution in [0.4, 0.5) is 0 Å². The van der Waals surface area contributed by atoms with Crippen molar-refractivity contribution in [3.05, 3.63) is 0 Å². The molecule has 1 unspecified atom stereocenters. The lowest BCUT2D eigenvalue weighted by Gasteiger charge is -2.31. The van der Waals surface area contributed by atoms with Crippen LogP contribution >= 0.6 is 0 Å². The minimum Gasteiger partial charge on any atom is -0.469 e. The second-order valence-electron chi connectivity index (χ2n) is 5.24. The van der Waals surface area contributed by atoms with Crippen molar-refractivity contribution in [1.29, 1.82) is 0 Å². The van der Waals surface area contributed by atoms with Gasteiger partial charge in [0.15, 0.2) is 0 Å². The molecule has 2 amide bonds. The van der Waals surface area contributed by atoms with Crippen LogP contribution in [0.15, 0.2) is 0 Å². The highest BCUT2D eigenvalue weighted by Crippen LogP contribution is 2.05. The molecule has 7 heteroatoms. The zero-order chi connectivity index (χ0) is 15.1. The summed E-state index contributed by atoms with van der Waals surface area (Å²) in [6.45, 7) is 5.34. The van der Waals surface area contributed by atoms with Crippen molar-refractivity contribution in [2.45, 2.75) is 26.3 Å². The predicted molar refractivity (Wildman–Crippen MR) is 72.9 cm³/mol. The van der Waals surface area contributed by atoms with Crippen molar-refractivity contribution in [3.63, 3.8) is 0 Å². The minimum atomic E-state index is -0.427. The number of ether oxygens (including phenoxy) is 1. The summed E-state index contributed by atoms with van der Waals surface area (Å²) in [5.74, 6) is -0.243. The van der Waals surface area contributed by atoms with Crippen LogP contribution in [0.3, 0.4) is 0 Å². The molecule has 0 saturated carbocycles. The van der Waals surface area contributed by atoms with Gasteiger partial charge in [-0.15, -0.1) is 0 Å². The molecule has 1 rings (SSSR count). The first-order valence-corrected chi connectivity index (χ1v) is 6.79. The molecule has 1 aliphatic rings. The summed E-state index contributed by atoms with van der Waals surface area (Å²) in [6, 6.07) is -0.427. The SMILES string of the molecule is COC(=O)CCN(CC(C)C)C(=O)C1CNC(=O)CN1. The van der Waals surface area contributed by atoms with E-state index in [1.54, 1.807) is 4.90 Å². The fourth-order valence-corrected chi connectivity index (χ4v) is 2.02. The van der Waals surface area contributed by atoms with Crippen molar-refractivity contribution in [2.24, 2.45) is 5.92 Å². The summed E-state index contributed by atoms with van der Waals surface area (Å²) in [4.78, 5) is 36.3. The van der Waals surface area contributed by atoms with E-state index in [1.807, 2.05) is 13.8 Å². The highest BCUT2D eigenvalue weighted by atomic mass is 16.5. The summed E-state index contributed by atoms with van der Waals surface area (Å²) in [6.07, 6.45) is 0.175. The van der Waals surface area contributed by atoms with Crippen molar-refractivity contribution in [2.75, 3.05) is 33.3 Å². The standard InChI is InChI=1S/C13H23N3O4/c1-9(2)8-16(5-4-12(18)20-3)13(19)10-6-15-11(17)7-14-10/h9-10,14H,4-8H2,1-3H3,(H,15,17). The highest BCUT2D eigenvalue weighted by Gasteiger charge is 2.28. The summed E-state index contributed by atoms with van der Waals surface area (Å²) in [5, 5.41) is 5.56. The van der Waals surface area contributed by atoms with Gasteiger partial charge in [-0.05, 0) is 5.92 Å². The maximum absolute atomic E-state index is 12.4. The Morgan fingerprint density at radius 2 is 2.15 bits per heavy atom. The smallest absolute Gasteiger partial charge is 0.307 e. The fourth-order valence-electron chi connectivity index (χ4n) is 2.02. The molecule has 114 valence electrons. The maximum Gasteiger partial charge on any atom is 0.307 e. The van der Waals surface area contributed by atoms with E-state index in [9.17, 15) is 14.4 Å². The normalized spacial score (nSPS) is 18.6. The largest absolute Gasteiger partial charge is 0.469 e. The van der Waals surface area contributed by atoms with E-state index >= 15 is 0 Å². The van der Waals surface area contributed by atoms with Crippen molar-refractivity contribution < 1.29 is 19.1 Å². The number of nitrogens with one attached hydrogen (secondary N) is 2. The summed E-state index contributed by atoms with van der Waals surface area (Å²) in [7, 11) is 1.33. The quantitative estimate of drug-likeness (QED) is 0.619. The molecule has 1 heterocycles. The van der Waals surface area contributed by atoms with Gasteiger partial charge in [-0.3, -0.25) is 19.7 Å². The Kier molecular flexibility index (Phi) is 6.44. The first-order chi connectivity index (χ1) is 9.43. The molecule has 1 aliphatic heterocycles. The van der Waals surface area contributed by atoms with Gasteiger partial charge in [-0.25, -0.2) is 0 Å². The van der Waals surface area contributed by atoms with Crippen molar-refractivity contribution in [1.82, 2.24) is 15.5 Å². The molecular weight excluding hydrogens is 262 g/mol. The molecule has 0 bridgehead atoms. The number of amides is 2. The average Bonchev–Trinajstić information content (AvgIpc) is 2.42. The molecule has 7 nitrogen and oxygen atoms in total. The lowest BCUT2D eigenvalue weighted by Crippen LogP contribution is -2.59. The second kappa shape index (κ2) is 7.84. The molecule has 0 aromatic heterocycles. The third kappa shape index (κ3) is 5.16. The molecule has 20 heavy (non-hydrogen) atoms. The fraction of sp³-hybridized carbons (Fsp3) is 0.769. The zero-order valence-corrected chi connectivity index (χ0v) is 12.3. The zero-order valence-electron chi connectivity index (χ0n) is 12.3. The van der Waals surface area contributed by atoms with Crippen molar-refractivity contribution >= 4 is 17.8 Å². The van der Waals surface area contributed by atoms with Crippen LogP contribution in [0.25, 0.3) is 0 Å². The molecule has 0 aromatic carbocycles. The first-order valence-electron chi connectivity index (χ1n) is 6.79. The van der Waals surface area contributed by atoms with Crippen molar-refractivity contribution in [3.8, 4) is 0 Å². The van der Waals surface area contributed by atoms with Gasteiger partial charge in [0.2, 0.25) is 11.8 Å². The molecule has 2 N–H and O–H groups in total. The average molecular weight is 285 g/mol. The first kappa shape index (κ1) is 16.4. The van der Waals surface area contributed by atoms with E-state index in [0.717, 1.165) is 0 Å². The number of carbonyl (C=O) groups excluding carboxylic acids is 3. The van der Waals surface area contributed by atoms with E-state index in [4.69, 9.17) is 0 Å². The third-order valence-electron chi connectivity index (χ3n) is 3.02. The number of carbonyl (C=O) groups is 3. The Bertz CT molecular complexity index is 361. The Labute approximate surface area is 119 Å². The Hall–Kier alpha value is -1.63. The molecule has 0 aromatic rings. The number of esters is 1. The summed E-state index contributed by atoms with van der Waals surface area (Å²) in [5.41, 5.74) is 0. The van der Waals surface area contributed by atoms with E-state index in [-0.39, 0.29) is 37.3 Å². The van der Waals surface area contributed by atoms with E-state index in [2.05, 4.69) is 15.4 Å². The van der Waals surface area contributed by atoms with Gasteiger partial charge >= 0.3 is 5.97 Å². The molecule has 1 saturated heterocycles. The molecule has 1 atom stereocenters. The Balaban J connectivity index is 2.59. The van der Waals surface area contributed by atoms with Crippen LogP contribution in [-0.2, 0) is 19.1 Å². The Morgan fingerprint density at radius 3 is 2.65 bits per heavy atom. The number of hydrogen-bond acceptors (Lipinski definition) is 5. The van der Waals surface area contributed by atoms with Crippen LogP contribution in [0, 0.1) is 5.92 Å². The van der Waals surface area contributed by atoms with Gasteiger partial charge < -0.3 is 15.0 Å². The number of methoxy groups -OCH3 is 1. The topological polar surface area (TPSA) is 87.7 Å². The number of piperazine rings is 1. The molecule has 0 aliphatic carbocycles. The van der Waals surface area contributed by atoms with Gasteiger partial charge in [0.05, 0.1) is 20.1 Å². The molecule has 1 fully saturated rings. The van der Waals surface area contributed by atoms with Crippen LogP contribution in [0.5, 0.6) is 0 Å². The van der Waals surface area contributed by atoms with Gasteiger partial charge in [-0.2, -0.15) is 0 Å².